The molecule has 1 atom stereocenters. The molecule has 0 radical (unpaired) electrons. The Balaban J connectivity index is 2.38. The van der Waals surface area contributed by atoms with E-state index in [0.717, 1.165) is 18.6 Å². The van der Waals surface area contributed by atoms with Gasteiger partial charge in [0.2, 0.25) is 5.91 Å². The average Bonchev–Trinajstić information content (AvgIpc) is 2.49. The lowest BCUT2D eigenvalue weighted by Gasteiger charge is -2.23. The summed E-state index contributed by atoms with van der Waals surface area (Å²) in [4.78, 5) is 25.3. The number of nitrogens with one attached hydrogen (secondary N) is 1. The Morgan fingerprint density at radius 1 is 1.32 bits per heavy atom. The van der Waals surface area contributed by atoms with E-state index < -0.39 is 17.5 Å². The van der Waals surface area contributed by atoms with Gasteiger partial charge in [0.1, 0.15) is 11.6 Å². The summed E-state index contributed by atoms with van der Waals surface area (Å²) in [5, 5.41) is 2.52. The number of carbonyl (C=O) groups is 2. The van der Waals surface area contributed by atoms with Crippen molar-refractivity contribution >= 4 is 11.8 Å². The zero-order chi connectivity index (χ0) is 16.7. The van der Waals surface area contributed by atoms with Crippen LogP contribution >= 0.6 is 0 Å². The maximum absolute atomic E-state index is 13.4. The van der Waals surface area contributed by atoms with Gasteiger partial charge in [-0.05, 0) is 31.9 Å². The normalized spacial score (nSPS) is 11.9. The van der Waals surface area contributed by atoms with Gasteiger partial charge in [-0.3, -0.25) is 9.59 Å². The number of amides is 2. The molecule has 1 N–H and O–H groups in total. The minimum absolute atomic E-state index is 0.0107. The van der Waals surface area contributed by atoms with Crippen LogP contribution < -0.4 is 5.32 Å². The van der Waals surface area contributed by atoms with E-state index >= 15 is 0 Å². The van der Waals surface area contributed by atoms with Gasteiger partial charge < -0.3 is 10.2 Å². The lowest BCUT2D eigenvalue weighted by atomic mass is 10.2. The fourth-order valence-corrected chi connectivity index (χ4v) is 1.91. The molecule has 0 saturated heterocycles. The predicted molar refractivity (Wildman–Crippen MR) is 80.4 cm³/mol. The summed E-state index contributed by atoms with van der Waals surface area (Å²) < 4.78 is 26.2. The number of hydrogen-bond acceptors (Lipinski definition) is 2. The molecular formula is C16H22F2N2O2. The first-order valence-electron chi connectivity index (χ1n) is 7.35. The van der Waals surface area contributed by atoms with Crippen molar-refractivity contribution in [3.05, 3.63) is 35.4 Å². The summed E-state index contributed by atoms with van der Waals surface area (Å²) >= 11 is 0. The third-order valence-electron chi connectivity index (χ3n) is 3.67. The first kappa shape index (κ1) is 18.1. The molecular weight excluding hydrogens is 290 g/mol. The Hall–Kier alpha value is -1.98. The average molecular weight is 312 g/mol. The smallest absolute Gasteiger partial charge is 0.254 e. The monoisotopic (exact) mass is 312 g/mol. The summed E-state index contributed by atoms with van der Waals surface area (Å²) in [7, 11) is 1.75. The maximum atomic E-state index is 13.4. The number of halogens is 2. The number of nitrogens with zero attached hydrogens (tertiary/aromatic N) is 1. The molecule has 0 aromatic heterocycles. The molecule has 0 aliphatic carbocycles. The Labute approximate surface area is 129 Å². The van der Waals surface area contributed by atoms with Crippen molar-refractivity contribution in [2.45, 2.75) is 39.2 Å². The van der Waals surface area contributed by atoms with E-state index in [4.69, 9.17) is 0 Å². The highest BCUT2D eigenvalue weighted by atomic mass is 19.1. The fraction of sp³-hybridized carbons (Fsp3) is 0.500. The molecule has 0 spiro atoms. The molecule has 22 heavy (non-hydrogen) atoms. The highest BCUT2D eigenvalue weighted by molar-refractivity contribution is 5.94. The van der Waals surface area contributed by atoms with Gasteiger partial charge >= 0.3 is 0 Å². The molecule has 1 aromatic rings. The molecule has 0 aliphatic rings. The second-order valence-corrected chi connectivity index (χ2v) is 5.25. The van der Waals surface area contributed by atoms with Gasteiger partial charge in [-0.25, -0.2) is 8.78 Å². The molecule has 0 aliphatic heterocycles. The van der Waals surface area contributed by atoms with Crippen molar-refractivity contribution in [2.75, 3.05) is 13.6 Å². The minimum Gasteiger partial charge on any atom is -0.352 e. The molecule has 122 valence electrons. The summed E-state index contributed by atoms with van der Waals surface area (Å²) in [5.41, 5.74) is -0.204. The largest absolute Gasteiger partial charge is 0.352 e. The summed E-state index contributed by atoms with van der Waals surface area (Å²) in [5.74, 6) is -2.23. The van der Waals surface area contributed by atoms with Crippen molar-refractivity contribution in [3.8, 4) is 0 Å². The van der Waals surface area contributed by atoms with Crippen LogP contribution in [0.25, 0.3) is 0 Å². The SMILES string of the molecule is CCC(C)N(C)C(=O)CCCNC(=O)c1ccc(F)cc1F. The van der Waals surface area contributed by atoms with Gasteiger partial charge in [-0.2, -0.15) is 0 Å². The van der Waals surface area contributed by atoms with Crippen molar-refractivity contribution in [1.29, 1.82) is 0 Å². The third kappa shape index (κ3) is 5.09. The van der Waals surface area contributed by atoms with Crippen LogP contribution in [0, 0.1) is 11.6 Å². The van der Waals surface area contributed by atoms with Gasteiger partial charge in [0.15, 0.2) is 0 Å². The minimum atomic E-state index is -0.898. The van der Waals surface area contributed by atoms with Crippen LogP contribution in [0.5, 0.6) is 0 Å². The van der Waals surface area contributed by atoms with Crippen LogP contribution in [0.1, 0.15) is 43.5 Å². The van der Waals surface area contributed by atoms with Crippen LogP contribution in [0.3, 0.4) is 0 Å². The molecule has 2 amide bonds. The van der Waals surface area contributed by atoms with Crippen LogP contribution in [0.15, 0.2) is 18.2 Å². The molecule has 0 heterocycles. The molecule has 1 aromatic carbocycles. The Kier molecular flexibility index (Phi) is 6.95. The van der Waals surface area contributed by atoms with Gasteiger partial charge in [0.05, 0.1) is 5.56 Å². The lowest BCUT2D eigenvalue weighted by Crippen LogP contribution is -2.35. The van der Waals surface area contributed by atoms with Gasteiger partial charge in [0.25, 0.3) is 5.91 Å². The quantitative estimate of drug-likeness (QED) is 0.787. The Morgan fingerprint density at radius 3 is 2.59 bits per heavy atom. The van der Waals surface area contributed by atoms with E-state index in [9.17, 15) is 18.4 Å². The predicted octanol–water partition coefficient (Wildman–Crippen LogP) is 2.73. The van der Waals surface area contributed by atoms with E-state index in [1.165, 1.54) is 0 Å². The van der Waals surface area contributed by atoms with Crippen LogP contribution in [0.2, 0.25) is 0 Å². The van der Waals surface area contributed by atoms with Gasteiger partial charge in [-0.15, -0.1) is 0 Å². The summed E-state index contributed by atoms with van der Waals surface area (Å²) in [6, 6.07) is 2.97. The van der Waals surface area contributed by atoms with E-state index in [-0.39, 0.29) is 24.1 Å². The Bertz CT molecular complexity index is 535. The highest BCUT2D eigenvalue weighted by Crippen LogP contribution is 2.09. The van der Waals surface area contributed by atoms with Gasteiger partial charge in [0, 0.05) is 32.1 Å². The second kappa shape index (κ2) is 8.46. The molecule has 1 unspecified atom stereocenters. The topological polar surface area (TPSA) is 49.4 Å². The van der Waals surface area contributed by atoms with E-state index in [1.807, 2.05) is 13.8 Å². The number of carbonyl (C=O) groups excluding carboxylic acids is 2. The first-order valence-corrected chi connectivity index (χ1v) is 7.35. The van der Waals surface area contributed by atoms with Crippen LogP contribution in [0.4, 0.5) is 8.78 Å². The van der Waals surface area contributed by atoms with Crippen molar-refractivity contribution in [3.63, 3.8) is 0 Å². The summed E-state index contributed by atoms with van der Waals surface area (Å²) in [6.07, 6.45) is 1.66. The fourth-order valence-electron chi connectivity index (χ4n) is 1.91. The number of hydrogen-bond donors (Lipinski definition) is 1. The molecule has 0 fully saturated rings. The van der Waals surface area contributed by atoms with E-state index in [0.29, 0.717) is 18.9 Å². The van der Waals surface area contributed by atoms with E-state index in [1.54, 1.807) is 11.9 Å². The maximum Gasteiger partial charge on any atom is 0.254 e. The first-order chi connectivity index (χ1) is 10.4. The molecule has 6 heteroatoms. The van der Waals surface area contributed by atoms with Crippen LogP contribution in [-0.2, 0) is 4.79 Å². The molecule has 0 bridgehead atoms. The Morgan fingerprint density at radius 2 is 2.00 bits per heavy atom. The third-order valence-corrected chi connectivity index (χ3v) is 3.67. The van der Waals surface area contributed by atoms with Crippen molar-refractivity contribution in [2.24, 2.45) is 0 Å². The second-order valence-electron chi connectivity index (χ2n) is 5.25. The zero-order valence-electron chi connectivity index (χ0n) is 13.2. The van der Waals surface area contributed by atoms with Crippen molar-refractivity contribution < 1.29 is 18.4 Å². The summed E-state index contributed by atoms with van der Waals surface area (Å²) in [6.45, 7) is 4.23. The van der Waals surface area contributed by atoms with Crippen LogP contribution in [-0.4, -0.2) is 36.3 Å². The zero-order valence-corrected chi connectivity index (χ0v) is 13.2. The van der Waals surface area contributed by atoms with Gasteiger partial charge in [-0.1, -0.05) is 6.92 Å². The molecule has 0 saturated carbocycles. The highest BCUT2D eigenvalue weighted by Gasteiger charge is 2.15. The standard InChI is InChI=1S/C16H22F2N2O2/c1-4-11(2)20(3)15(21)6-5-9-19-16(22)13-8-7-12(17)10-14(13)18/h7-8,10-11H,4-6,9H2,1-3H3,(H,19,22). The molecule has 1 rings (SSSR count). The molecule has 4 nitrogen and oxygen atoms in total. The van der Waals surface area contributed by atoms with Crippen molar-refractivity contribution in [1.82, 2.24) is 10.2 Å². The lowest BCUT2D eigenvalue weighted by molar-refractivity contribution is -0.131. The number of benzene rings is 1. The number of rotatable bonds is 7. The van der Waals surface area contributed by atoms with E-state index in [2.05, 4.69) is 5.32 Å².